The van der Waals surface area contributed by atoms with Gasteiger partial charge >= 0.3 is 0 Å². The van der Waals surface area contributed by atoms with E-state index in [1.807, 2.05) is 11.4 Å². The minimum atomic E-state index is -3.34. The van der Waals surface area contributed by atoms with Crippen LogP contribution < -0.4 is 10.0 Å². The maximum Gasteiger partial charge on any atom is 0.250 e. The van der Waals surface area contributed by atoms with E-state index in [1.54, 1.807) is 0 Å². The summed E-state index contributed by atoms with van der Waals surface area (Å²) in [7, 11) is -3.34. The number of hydrogen-bond acceptors (Lipinski definition) is 4. The summed E-state index contributed by atoms with van der Waals surface area (Å²) in [5, 5.41) is 5.25. The van der Waals surface area contributed by atoms with Crippen molar-refractivity contribution in [1.29, 1.82) is 0 Å². The third-order valence-electron chi connectivity index (χ3n) is 4.70. The third kappa shape index (κ3) is 3.50. The van der Waals surface area contributed by atoms with Crippen LogP contribution in [0.3, 0.4) is 0 Å². The van der Waals surface area contributed by atoms with Crippen LogP contribution in [0.15, 0.2) is 15.7 Å². The van der Waals surface area contributed by atoms with E-state index >= 15 is 0 Å². The molecule has 0 spiro atoms. The van der Waals surface area contributed by atoms with Crippen molar-refractivity contribution in [2.45, 2.75) is 55.8 Å². The van der Waals surface area contributed by atoms with Crippen molar-refractivity contribution in [2.75, 3.05) is 6.54 Å². The monoisotopic (exact) mass is 328 g/mol. The Balaban J connectivity index is 1.62. The Kier molecular flexibility index (Phi) is 4.69. The molecule has 2 N–H and O–H groups in total. The second-order valence-electron chi connectivity index (χ2n) is 6.35. The van der Waals surface area contributed by atoms with Gasteiger partial charge in [-0.1, -0.05) is 13.3 Å². The number of fused-ring (bicyclic) bond motifs is 2. The molecule has 1 heterocycles. The maximum atomic E-state index is 12.5. The van der Waals surface area contributed by atoms with Gasteiger partial charge in [0.2, 0.25) is 10.0 Å². The SMILES string of the molecule is CCCNCc1csc(S(=O)(=O)NC2CC3CCC2C3)c1. The minimum absolute atomic E-state index is 0.164. The molecular weight excluding hydrogens is 304 g/mol. The molecule has 0 radical (unpaired) electrons. The summed E-state index contributed by atoms with van der Waals surface area (Å²) in [6, 6.07) is 1.97. The third-order valence-corrected chi connectivity index (χ3v) is 7.67. The zero-order valence-corrected chi connectivity index (χ0v) is 14.1. The predicted octanol–water partition coefficient (Wildman–Crippen LogP) is 2.71. The Morgan fingerprint density at radius 1 is 1.33 bits per heavy atom. The highest BCUT2D eigenvalue weighted by molar-refractivity contribution is 7.91. The Hall–Kier alpha value is -0.430. The molecule has 4 nitrogen and oxygen atoms in total. The molecule has 0 aliphatic heterocycles. The van der Waals surface area contributed by atoms with Crippen molar-refractivity contribution in [2.24, 2.45) is 11.8 Å². The second kappa shape index (κ2) is 6.36. The zero-order chi connectivity index (χ0) is 14.9. The van der Waals surface area contributed by atoms with Crippen LogP contribution in [0.25, 0.3) is 0 Å². The maximum absolute atomic E-state index is 12.5. The Bertz CT molecular complexity index is 582. The van der Waals surface area contributed by atoms with Gasteiger partial charge in [-0.3, -0.25) is 0 Å². The van der Waals surface area contributed by atoms with E-state index in [0.717, 1.165) is 37.4 Å². The first-order valence-corrected chi connectivity index (χ1v) is 10.2. The van der Waals surface area contributed by atoms with Gasteiger partial charge in [0.25, 0.3) is 0 Å². The minimum Gasteiger partial charge on any atom is -0.313 e. The summed E-state index contributed by atoms with van der Waals surface area (Å²) >= 11 is 1.33. The topological polar surface area (TPSA) is 58.2 Å². The highest BCUT2D eigenvalue weighted by atomic mass is 32.2. The molecule has 118 valence electrons. The molecule has 0 amide bonds. The van der Waals surface area contributed by atoms with Crippen LogP contribution in [0.5, 0.6) is 0 Å². The molecule has 3 rings (SSSR count). The smallest absolute Gasteiger partial charge is 0.250 e. The van der Waals surface area contributed by atoms with Crippen molar-refractivity contribution in [3.8, 4) is 0 Å². The van der Waals surface area contributed by atoms with Crippen molar-refractivity contribution in [1.82, 2.24) is 10.0 Å². The molecule has 3 unspecified atom stereocenters. The first kappa shape index (κ1) is 15.5. The summed E-state index contributed by atoms with van der Waals surface area (Å²) in [6.45, 7) is 3.82. The lowest BCUT2D eigenvalue weighted by molar-refractivity contribution is 0.390. The fourth-order valence-corrected chi connectivity index (χ4v) is 6.19. The van der Waals surface area contributed by atoms with Gasteiger partial charge in [0, 0.05) is 12.6 Å². The molecule has 0 saturated heterocycles. The molecule has 1 aromatic rings. The second-order valence-corrected chi connectivity index (χ2v) is 9.21. The van der Waals surface area contributed by atoms with Crippen LogP contribution in [0.1, 0.15) is 44.6 Å². The Morgan fingerprint density at radius 3 is 2.86 bits per heavy atom. The highest BCUT2D eigenvalue weighted by Gasteiger charge is 2.41. The zero-order valence-electron chi connectivity index (χ0n) is 12.5. The summed E-state index contributed by atoms with van der Waals surface area (Å²) in [5.41, 5.74) is 1.06. The molecule has 2 bridgehead atoms. The van der Waals surface area contributed by atoms with Crippen LogP contribution in [-0.4, -0.2) is 21.0 Å². The summed E-state index contributed by atoms with van der Waals surface area (Å²) in [6.07, 6.45) is 5.80. The molecule has 6 heteroatoms. The fourth-order valence-electron chi connectivity index (χ4n) is 3.64. The van der Waals surface area contributed by atoms with E-state index in [0.29, 0.717) is 10.1 Å². The van der Waals surface area contributed by atoms with Gasteiger partial charge in [-0.05, 0) is 61.1 Å². The quantitative estimate of drug-likeness (QED) is 0.757. The van der Waals surface area contributed by atoms with Gasteiger partial charge in [0.05, 0.1) is 0 Å². The van der Waals surface area contributed by atoms with E-state index < -0.39 is 10.0 Å². The standard InChI is InChI=1S/C15H24N2O2S2/c1-2-5-16-9-12-8-15(20-10-12)21(18,19)17-14-7-11-3-4-13(14)6-11/h8,10-11,13-14,16-17H,2-7,9H2,1H3. The average molecular weight is 329 g/mol. The summed E-state index contributed by atoms with van der Waals surface area (Å²) in [5.74, 6) is 1.32. The lowest BCUT2D eigenvalue weighted by Crippen LogP contribution is -2.38. The summed E-state index contributed by atoms with van der Waals surface area (Å²) in [4.78, 5) is 0. The first-order chi connectivity index (χ1) is 10.1. The van der Waals surface area contributed by atoms with Gasteiger partial charge in [-0.25, -0.2) is 13.1 Å². The first-order valence-electron chi connectivity index (χ1n) is 7.89. The highest BCUT2D eigenvalue weighted by Crippen LogP contribution is 2.44. The van der Waals surface area contributed by atoms with Crippen LogP contribution in [-0.2, 0) is 16.6 Å². The van der Waals surface area contributed by atoms with Crippen LogP contribution >= 0.6 is 11.3 Å². The van der Waals surface area contributed by atoms with E-state index in [4.69, 9.17) is 0 Å². The van der Waals surface area contributed by atoms with Gasteiger partial charge in [-0.15, -0.1) is 11.3 Å². The van der Waals surface area contributed by atoms with Crippen molar-refractivity contribution < 1.29 is 8.42 Å². The van der Waals surface area contributed by atoms with Crippen molar-refractivity contribution in [3.63, 3.8) is 0 Å². The molecule has 2 aliphatic rings. The molecule has 1 aromatic heterocycles. The fraction of sp³-hybridized carbons (Fsp3) is 0.733. The molecule has 2 aliphatic carbocycles. The predicted molar refractivity (Wildman–Crippen MR) is 85.9 cm³/mol. The van der Waals surface area contributed by atoms with Crippen LogP contribution in [0, 0.1) is 11.8 Å². The lowest BCUT2D eigenvalue weighted by atomic mass is 9.96. The number of sulfonamides is 1. The van der Waals surface area contributed by atoms with Gasteiger partial charge < -0.3 is 5.32 Å². The van der Waals surface area contributed by atoms with Gasteiger partial charge in [0.15, 0.2) is 0 Å². The Morgan fingerprint density at radius 2 is 2.19 bits per heavy atom. The molecule has 21 heavy (non-hydrogen) atoms. The van der Waals surface area contributed by atoms with Crippen molar-refractivity contribution >= 4 is 21.4 Å². The molecule has 3 atom stereocenters. The number of hydrogen-bond donors (Lipinski definition) is 2. The molecule has 0 aromatic carbocycles. The molecular formula is C15H24N2O2S2. The van der Waals surface area contributed by atoms with Crippen LogP contribution in [0.2, 0.25) is 0 Å². The molecule has 2 fully saturated rings. The largest absolute Gasteiger partial charge is 0.313 e. The number of thiophene rings is 1. The van der Waals surface area contributed by atoms with E-state index in [1.165, 1.54) is 30.6 Å². The molecule has 2 saturated carbocycles. The van der Waals surface area contributed by atoms with E-state index in [9.17, 15) is 8.42 Å². The Labute approximate surface area is 131 Å². The van der Waals surface area contributed by atoms with Gasteiger partial charge in [-0.2, -0.15) is 0 Å². The lowest BCUT2D eigenvalue weighted by Gasteiger charge is -2.22. The van der Waals surface area contributed by atoms with E-state index in [2.05, 4.69) is 17.0 Å². The summed E-state index contributed by atoms with van der Waals surface area (Å²) < 4.78 is 28.4. The van der Waals surface area contributed by atoms with Crippen molar-refractivity contribution in [3.05, 3.63) is 17.0 Å². The van der Waals surface area contributed by atoms with Gasteiger partial charge in [0.1, 0.15) is 4.21 Å². The normalized spacial score (nSPS) is 28.3. The number of nitrogens with one attached hydrogen (secondary N) is 2. The average Bonchev–Trinajstić information content (AvgIpc) is 3.13. The number of rotatable bonds is 7. The van der Waals surface area contributed by atoms with E-state index in [-0.39, 0.29) is 6.04 Å². The van der Waals surface area contributed by atoms with Crippen LogP contribution in [0.4, 0.5) is 0 Å².